The molecule has 0 aliphatic carbocycles. The lowest BCUT2D eigenvalue weighted by Crippen LogP contribution is -2.15. The molecule has 0 aliphatic heterocycles. The van der Waals surface area contributed by atoms with Crippen molar-refractivity contribution in [2.45, 2.75) is 12.2 Å². The van der Waals surface area contributed by atoms with Gasteiger partial charge in [0.05, 0.1) is 0 Å². The average molecular weight is 323 g/mol. The summed E-state index contributed by atoms with van der Waals surface area (Å²) in [5.41, 5.74) is 1.12. The van der Waals surface area contributed by atoms with Gasteiger partial charge >= 0.3 is 0 Å². The van der Waals surface area contributed by atoms with Crippen molar-refractivity contribution >= 4 is 22.4 Å². The number of hydrogen-bond donors (Lipinski definition) is 1. The van der Waals surface area contributed by atoms with Gasteiger partial charge in [0.1, 0.15) is 11.6 Å². The molecule has 0 aliphatic rings. The van der Waals surface area contributed by atoms with Crippen molar-refractivity contribution in [1.29, 1.82) is 0 Å². The van der Waals surface area contributed by atoms with Gasteiger partial charge in [-0.2, -0.15) is 0 Å². The summed E-state index contributed by atoms with van der Waals surface area (Å²) in [5.74, 6) is -0.651. The highest BCUT2D eigenvalue weighted by molar-refractivity contribution is 7.84. The first kappa shape index (κ1) is 16.3. The summed E-state index contributed by atoms with van der Waals surface area (Å²) >= 11 is 0. The third-order valence-electron chi connectivity index (χ3n) is 2.90. The molecule has 22 heavy (non-hydrogen) atoms. The topological polar surface area (TPSA) is 46.2 Å². The lowest BCUT2D eigenvalue weighted by Gasteiger charge is -2.05. The van der Waals surface area contributed by atoms with Gasteiger partial charge in [0.15, 0.2) is 0 Å². The molecule has 0 saturated heterocycles. The van der Waals surface area contributed by atoms with Gasteiger partial charge in [-0.3, -0.25) is 9.00 Å². The fraction of sp³-hybridized carbons (Fsp3) is 0.188. The van der Waals surface area contributed by atoms with Crippen molar-refractivity contribution in [3.05, 3.63) is 65.7 Å². The molecule has 3 nitrogen and oxygen atoms in total. The third-order valence-corrected chi connectivity index (χ3v) is 4.22. The minimum atomic E-state index is -1.25. The predicted octanol–water partition coefficient (Wildman–Crippen LogP) is 3.24. The molecule has 6 heteroatoms. The van der Waals surface area contributed by atoms with E-state index in [0.29, 0.717) is 11.3 Å². The van der Waals surface area contributed by atoms with Gasteiger partial charge in [0, 0.05) is 34.4 Å². The number of rotatable bonds is 6. The summed E-state index contributed by atoms with van der Waals surface area (Å²) in [5, 5.41) is 2.60. The molecule has 2 aromatic carbocycles. The molecule has 2 aromatic rings. The van der Waals surface area contributed by atoms with Crippen LogP contribution in [0.3, 0.4) is 0 Å². The van der Waals surface area contributed by atoms with Gasteiger partial charge in [-0.05, 0) is 42.0 Å². The highest BCUT2D eigenvalue weighted by atomic mass is 32.2. The normalized spacial score (nSPS) is 11.9. The largest absolute Gasteiger partial charge is 0.326 e. The van der Waals surface area contributed by atoms with E-state index in [2.05, 4.69) is 5.32 Å². The van der Waals surface area contributed by atoms with Crippen LogP contribution < -0.4 is 5.32 Å². The fourth-order valence-corrected chi connectivity index (χ4v) is 2.96. The third kappa shape index (κ3) is 5.37. The zero-order valence-corrected chi connectivity index (χ0v) is 12.5. The number of anilines is 1. The lowest BCUT2D eigenvalue weighted by molar-refractivity contribution is -0.115. The van der Waals surface area contributed by atoms with Gasteiger partial charge in [-0.15, -0.1) is 0 Å². The van der Waals surface area contributed by atoms with E-state index in [1.54, 1.807) is 12.1 Å². The molecule has 2 rings (SSSR count). The molecule has 0 heterocycles. The summed E-state index contributed by atoms with van der Waals surface area (Å²) in [4.78, 5) is 11.7. The number of hydrogen-bond acceptors (Lipinski definition) is 2. The second-order valence-electron chi connectivity index (χ2n) is 4.72. The summed E-state index contributed by atoms with van der Waals surface area (Å²) in [6, 6.07) is 11.3. The van der Waals surface area contributed by atoms with Gasteiger partial charge in [0.25, 0.3) is 0 Å². The number of amides is 1. The highest BCUT2D eigenvalue weighted by Crippen LogP contribution is 2.10. The smallest absolute Gasteiger partial charge is 0.225 e. The Morgan fingerprint density at radius 3 is 2.45 bits per heavy atom. The van der Waals surface area contributed by atoms with Crippen molar-refractivity contribution in [3.63, 3.8) is 0 Å². The van der Waals surface area contributed by atoms with E-state index in [1.807, 2.05) is 0 Å². The monoisotopic (exact) mass is 323 g/mol. The molecule has 0 unspecified atom stereocenters. The van der Waals surface area contributed by atoms with Crippen LogP contribution in [0, 0.1) is 11.6 Å². The van der Waals surface area contributed by atoms with Crippen LogP contribution in [0.4, 0.5) is 14.5 Å². The Bertz CT molecular complexity index is 674. The summed E-state index contributed by atoms with van der Waals surface area (Å²) in [6.07, 6.45) is 0.0826. The molecule has 116 valence electrons. The van der Waals surface area contributed by atoms with Crippen LogP contribution in [0.1, 0.15) is 12.0 Å². The lowest BCUT2D eigenvalue weighted by atomic mass is 10.2. The van der Waals surface area contributed by atoms with Crippen molar-refractivity contribution in [2.24, 2.45) is 0 Å². The molecule has 1 N–H and O–H groups in total. The van der Waals surface area contributed by atoms with Crippen molar-refractivity contribution in [2.75, 3.05) is 11.1 Å². The molecule has 1 atom stereocenters. The Balaban J connectivity index is 1.78. The van der Waals surface area contributed by atoms with E-state index in [0.717, 1.165) is 0 Å². The molecule has 0 radical (unpaired) electrons. The van der Waals surface area contributed by atoms with Gasteiger partial charge in [-0.1, -0.05) is 12.1 Å². The van der Waals surface area contributed by atoms with E-state index in [1.165, 1.54) is 36.4 Å². The van der Waals surface area contributed by atoms with Crippen LogP contribution in [0.2, 0.25) is 0 Å². The van der Waals surface area contributed by atoms with E-state index >= 15 is 0 Å². The molecule has 0 aromatic heterocycles. The maximum Gasteiger partial charge on any atom is 0.225 e. The van der Waals surface area contributed by atoms with Gasteiger partial charge in [0.2, 0.25) is 5.91 Å². The van der Waals surface area contributed by atoms with Crippen molar-refractivity contribution in [3.8, 4) is 0 Å². The van der Waals surface area contributed by atoms with E-state index in [9.17, 15) is 17.8 Å². The Labute approximate surface area is 129 Å². The van der Waals surface area contributed by atoms with E-state index < -0.39 is 10.8 Å². The number of carbonyl (C=O) groups is 1. The molecule has 0 saturated carbocycles. The molecule has 0 spiro atoms. The summed E-state index contributed by atoms with van der Waals surface area (Å²) in [7, 11) is -1.25. The van der Waals surface area contributed by atoms with Crippen molar-refractivity contribution < 1.29 is 17.8 Å². The zero-order valence-electron chi connectivity index (χ0n) is 11.7. The summed E-state index contributed by atoms with van der Waals surface area (Å²) < 4.78 is 37.6. The van der Waals surface area contributed by atoms with Crippen LogP contribution in [0.25, 0.3) is 0 Å². The Kier molecular flexibility index (Phi) is 5.77. The highest BCUT2D eigenvalue weighted by Gasteiger charge is 2.08. The number of carbonyl (C=O) groups excluding carboxylic acids is 1. The Morgan fingerprint density at radius 2 is 1.77 bits per heavy atom. The predicted molar refractivity (Wildman–Crippen MR) is 82.8 cm³/mol. The maximum absolute atomic E-state index is 13.0. The van der Waals surface area contributed by atoms with Crippen LogP contribution >= 0.6 is 0 Å². The summed E-state index contributed by atoms with van der Waals surface area (Å²) in [6.45, 7) is 0. The minimum Gasteiger partial charge on any atom is -0.326 e. The van der Waals surface area contributed by atoms with Crippen LogP contribution in [-0.2, 0) is 21.3 Å². The average Bonchev–Trinajstić information content (AvgIpc) is 2.48. The van der Waals surface area contributed by atoms with Crippen molar-refractivity contribution in [1.82, 2.24) is 0 Å². The molecule has 0 bridgehead atoms. The maximum atomic E-state index is 13.0. The zero-order chi connectivity index (χ0) is 15.9. The second kappa shape index (κ2) is 7.79. The first-order chi connectivity index (χ1) is 10.5. The molecular weight excluding hydrogens is 308 g/mol. The van der Waals surface area contributed by atoms with Gasteiger partial charge in [-0.25, -0.2) is 8.78 Å². The Hall–Kier alpha value is -2.08. The first-order valence-corrected chi connectivity index (χ1v) is 8.16. The molecule has 1 amide bonds. The second-order valence-corrected chi connectivity index (χ2v) is 6.30. The van der Waals surface area contributed by atoms with Crippen LogP contribution in [0.15, 0.2) is 48.5 Å². The van der Waals surface area contributed by atoms with Gasteiger partial charge < -0.3 is 5.32 Å². The SMILES string of the molecule is O=C(CC[S@](=O)Cc1cccc(F)c1)Nc1ccc(F)cc1. The Morgan fingerprint density at radius 1 is 1.05 bits per heavy atom. The minimum absolute atomic E-state index is 0.0826. The van der Waals surface area contributed by atoms with E-state index in [-0.39, 0.29) is 35.5 Å². The molecular formula is C16H15F2NO2S. The number of benzene rings is 2. The fourth-order valence-electron chi connectivity index (χ4n) is 1.85. The molecule has 0 fully saturated rings. The quantitative estimate of drug-likeness (QED) is 0.887. The standard InChI is InChI=1S/C16H15F2NO2S/c17-13-4-6-15(7-5-13)19-16(20)8-9-22(21)11-12-2-1-3-14(18)10-12/h1-7,10H,8-9,11H2,(H,19,20)/t22-/m0/s1. The van der Waals surface area contributed by atoms with Crippen LogP contribution in [0.5, 0.6) is 0 Å². The van der Waals surface area contributed by atoms with E-state index in [4.69, 9.17) is 0 Å². The first-order valence-electron chi connectivity index (χ1n) is 6.68. The number of nitrogens with one attached hydrogen (secondary N) is 1. The van der Waals surface area contributed by atoms with Crippen LogP contribution in [-0.4, -0.2) is 15.9 Å². The number of halogens is 2.